The number of ether oxygens (including phenoxy) is 2. The summed E-state index contributed by atoms with van der Waals surface area (Å²) in [6, 6.07) is 17.9. The fourth-order valence-electron chi connectivity index (χ4n) is 3.79. The number of ketones is 1. The molecule has 1 N–H and O–H groups in total. The predicted molar refractivity (Wildman–Crippen MR) is 119 cm³/mol. The number of anilines is 1. The van der Waals surface area contributed by atoms with E-state index in [0.717, 1.165) is 4.88 Å². The summed E-state index contributed by atoms with van der Waals surface area (Å²) in [5, 5.41) is 11.4. The predicted octanol–water partition coefficient (Wildman–Crippen LogP) is 3.95. The summed E-state index contributed by atoms with van der Waals surface area (Å²) >= 11 is 1.36. The number of carbonyl (C=O) groups excluding carboxylic acids is 2. The standard InChI is InChI=1S/C24H23NO5S/c1-16-11-12-22(31-16)19(26)15-24(28)17-7-3-4-8-18(17)25(23(24)27)13-14-30-21-10-6-5-9-20(21)29-2/h3-12,28H,13-15H2,1-2H3/t24-/m0/s1. The van der Waals surface area contributed by atoms with E-state index in [9.17, 15) is 14.7 Å². The number of benzene rings is 2. The van der Waals surface area contributed by atoms with Crippen LogP contribution in [0, 0.1) is 6.92 Å². The van der Waals surface area contributed by atoms with Crippen LogP contribution < -0.4 is 14.4 Å². The van der Waals surface area contributed by atoms with E-state index in [1.165, 1.54) is 16.2 Å². The molecule has 2 heterocycles. The minimum absolute atomic E-state index is 0.203. The number of thiophene rings is 1. The van der Waals surface area contributed by atoms with E-state index in [1.807, 2.05) is 25.1 Å². The lowest BCUT2D eigenvalue weighted by Crippen LogP contribution is -2.43. The number of rotatable bonds is 8. The number of carbonyl (C=O) groups is 2. The highest BCUT2D eigenvalue weighted by atomic mass is 32.1. The van der Waals surface area contributed by atoms with Crippen LogP contribution in [0.15, 0.2) is 60.7 Å². The number of hydrogen-bond acceptors (Lipinski definition) is 6. The van der Waals surface area contributed by atoms with Gasteiger partial charge in [-0.3, -0.25) is 9.59 Å². The summed E-state index contributed by atoms with van der Waals surface area (Å²) in [7, 11) is 1.56. The third-order valence-electron chi connectivity index (χ3n) is 5.31. The first-order valence-corrected chi connectivity index (χ1v) is 10.7. The fourth-order valence-corrected chi connectivity index (χ4v) is 4.59. The second-order valence-corrected chi connectivity index (χ2v) is 8.63. The molecule has 1 aromatic heterocycles. The molecule has 0 aliphatic carbocycles. The molecule has 0 spiro atoms. The Labute approximate surface area is 184 Å². The Morgan fingerprint density at radius 3 is 2.48 bits per heavy atom. The van der Waals surface area contributed by atoms with Gasteiger partial charge in [-0.25, -0.2) is 0 Å². The van der Waals surface area contributed by atoms with Crippen molar-refractivity contribution in [2.75, 3.05) is 25.2 Å². The second-order valence-electron chi connectivity index (χ2n) is 7.34. The fraction of sp³-hybridized carbons (Fsp3) is 0.250. The molecule has 2 aromatic carbocycles. The van der Waals surface area contributed by atoms with Crippen molar-refractivity contribution in [1.29, 1.82) is 0 Å². The number of para-hydroxylation sites is 3. The summed E-state index contributed by atoms with van der Waals surface area (Å²) < 4.78 is 11.1. The molecule has 6 nitrogen and oxygen atoms in total. The molecule has 0 radical (unpaired) electrons. The van der Waals surface area contributed by atoms with Crippen LogP contribution in [0.1, 0.15) is 26.5 Å². The Morgan fingerprint density at radius 2 is 1.77 bits per heavy atom. The molecule has 1 aliphatic heterocycles. The molecule has 3 aromatic rings. The van der Waals surface area contributed by atoms with E-state index < -0.39 is 11.5 Å². The number of fused-ring (bicyclic) bond motifs is 1. The van der Waals surface area contributed by atoms with Gasteiger partial charge in [-0.05, 0) is 37.3 Å². The lowest BCUT2D eigenvalue weighted by molar-refractivity contribution is -0.135. The highest BCUT2D eigenvalue weighted by Gasteiger charge is 2.50. The Bertz CT molecular complexity index is 1120. The molecule has 1 aliphatic rings. The van der Waals surface area contributed by atoms with Crippen LogP contribution in [-0.2, 0) is 10.4 Å². The van der Waals surface area contributed by atoms with Crippen LogP contribution in [0.5, 0.6) is 11.5 Å². The smallest absolute Gasteiger partial charge is 0.264 e. The Kier molecular flexibility index (Phi) is 5.80. The second kappa shape index (κ2) is 8.53. The monoisotopic (exact) mass is 437 g/mol. The summed E-state index contributed by atoms with van der Waals surface area (Å²) in [4.78, 5) is 29.1. The van der Waals surface area contributed by atoms with Gasteiger partial charge in [-0.2, -0.15) is 0 Å². The molecule has 0 saturated heterocycles. The molecule has 0 fully saturated rings. The molecule has 7 heteroatoms. The quantitative estimate of drug-likeness (QED) is 0.540. The first kappa shape index (κ1) is 21.1. The maximum Gasteiger partial charge on any atom is 0.264 e. The summed E-state index contributed by atoms with van der Waals surface area (Å²) in [5.74, 6) is 0.405. The number of amides is 1. The average Bonchev–Trinajstić information content (AvgIpc) is 3.30. The van der Waals surface area contributed by atoms with Gasteiger partial charge in [-0.1, -0.05) is 30.3 Å². The van der Waals surface area contributed by atoms with E-state index in [-0.39, 0.29) is 25.4 Å². The average molecular weight is 438 g/mol. The van der Waals surface area contributed by atoms with Crippen molar-refractivity contribution in [3.8, 4) is 11.5 Å². The van der Waals surface area contributed by atoms with Crippen LogP contribution in [-0.4, -0.2) is 37.1 Å². The van der Waals surface area contributed by atoms with E-state index in [1.54, 1.807) is 49.6 Å². The Hall–Kier alpha value is -3.16. The van der Waals surface area contributed by atoms with Gasteiger partial charge in [0.15, 0.2) is 22.9 Å². The zero-order chi connectivity index (χ0) is 22.0. The lowest BCUT2D eigenvalue weighted by atomic mass is 9.89. The van der Waals surface area contributed by atoms with Gasteiger partial charge in [-0.15, -0.1) is 11.3 Å². The molecule has 0 bridgehead atoms. The maximum absolute atomic E-state index is 13.3. The van der Waals surface area contributed by atoms with E-state index >= 15 is 0 Å². The number of nitrogens with zero attached hydrogens (tertiary/aromatic N) is 1. The SMILES string of the molecule is COc1ccccc1OCCN1C(=O)[C@](O)(CC(=O)c2ccc(C)s2)c2ccccc21. The normalized spacial score (nSPS) is 17.5. The topological polar surface area (TPSA) is 76.1 Å². The maximum atomic E-state index is 13.3. The van der Waals surface area contributed by atoms with Gasteiger partial charge < -0.3 is 19.5 Å². The Morgan fingerprint density at radius 1 is 1.06 bits per heavy atom. The van der Waals surface area contributed by atoms with Gasteiger partial charge >= 0.3 is 0 Å². The van der Waals surface area contributed by atoms with Crippen LogP contribution in [0.2, 0.25) is 0 Å². The first-order valence-electron chi connectivity index (χ1n) is 9.93. The van der Waals surface area contributed by atoms with Crippen molar-refractivity contribution < 1.29 is 24.2 Å². The molecule has 4 rings (SSSR count). The zero-order valence-corrected chi connectivity index (χ0v) is 18.1. The molecule has 0 saturated carbocycles. The molecular weight excluding hydrogens is 414 g/mol. The third-order valence-corrected chi connectivity index (χ3v) is 6.35. The van der Waals surface area contributed by atoms with E-state index in [2.05, 4.69) is 0 Å². The van der Waals surface area contributed by atoms with Gasteiger partial charge in [0.2, 0.25) is 0 Å². The first-order chi connectivity index (χ1) is 14.9. The summed E-state index contributed by atoms with van der Waals surface area (Å²) in [6.45, 7) is 2.34. The molecule has 0 unspecified atom stereocenters. The van der Waals surface area contributed by atoms with Crippen LogP contribution in [0.3, 0.4) is 0 Å². The molecule has 31 heavy (non-hydrogen) atoms. The summed E-state index contributed by atoms with van der Waals surface area (Å²) in [6.07, 6.45) is -0.299. The molecule has 160 valence electrons. The van der Waals surface area contributed by atoms with Crippen molar-refractivity contribution in [1.82, 2.24) is 0 Å². The Balaban J connectivity index is 1.53. The highest BCUT2D eigenvalue weighted by Crippen LogP contribution is 2.43. The summed E-state index contributed by atoms with van der Waals surface area (Å²) in [5.41, 5.74) is -0.858. The third kappa shape index (κ3) is 3.94. The number of aliphatic hydroxyl groups is 1. The van der Waals surface area contributed by atoms with Crippen molar-refractivity contribution in [3.05, 3.63) is 76.0 Å². The van der Waals surface area contributed by atoms with E-state index in [4.69, 9.17) is 9.47 Å². The number of hydrogen-bond donors (Lipinski definition) is 1. The minimum atomic E-state index is -1.89. The zero-order valence-electron chi connectivity index (χ0n) is 17.3. The van der Waals surface area contributed by atoms with Gasteiger partial charge in [0.1, 0.15) is 6.61 Å². The van der Waals surface area contributed by atoms with Crippen LogP contribution in [0.4, 0.5) is 5.69 Å². The van der Waals surface area contributed by atoms with E-state index in [0.29, 0.717) is 27.6 Å². The van der Waals surface area contributed by atoms with Crippen LogP contribution >= 0.6 is 11.3 Å². The molecular formula is C24H23NO5S. The van der Waals surface area contributed by atoms with Crippen molar-refractivity contribution >= 4 is 28.7 Å². The van der Waals surface area contributed by atoms with Gasteiger partial charge in [0, 0.05) is 10.4 Å². The van der Waals surface area contributed by atoms with Gasteiger partial charge in [0.05, 0.1) is 30.6 Å². The number of methoxy groups -OCH3 is 1. The minimum Gasteiger partial charge on any atom is -0.493 e. The lowest BCUT2D eigenvalue weighted by Gasteiger charge is -2.22. The molecule has 1 amide bonds. The van der Waals surface area contributed by atoms with Crippen molar-refractivity contribution in [3.63, 3.8) is 0 Å². The number of Topliss-reactive ketones (excluding diaryl/α,β-unsaturated/α-hetero) is 1. The molecule has 1 atom stereocenters. The van der Waals surface area contributed by atoms with Crippen molar-refractivity contribution in [2.45, 2.75) is 18.9 Å². The van der Waals surface area contributed by atoms with Gasteiger partial charge in [0.25, 0.3) is 5.91 Å². The number of aryl methyl sites for hydroxylation is 1. The largest absolute Gasteiger partial charge is 0.493 e. The van der Waals surface area contributed by atoms with Crippen LogP contribution in [0.25, 0.3) is 0 Å². The highest BCUT2D eigenvalue weighted by molar-refractivity contribution is 7.14. The van der Waals surface area contributed by atoms with Crippen molar-refractivity contribution in [2.24, 2.45) is 0 Å².